The van der Waals surface area contributed by atoms with E-state index in [0.717, 1.165) is 15.8 Å². The number of aromatic nitrogens is 1. The van der Waals surface area contributed by atoms with Crippen LogP contribution in [0, 0.1) is 17.0 Å². The molecule has 1 aromatic heterocycles. The summed E-state index contributed by atoms with van der Waals surface area (Å²) in [5, 5.41) is 13.0. The van der Waals surface area contributed by atoms with E-state index < -0.39 is 4.92 Å². The Bertz CT molecular complexity index is 1230. The second-order valence-electron chi connectivity index (χ2n) is 8.39. The molecule has 0 N–H and O–H groups in total. The number of amides is 1. The van der Waals surface area contributed by atoms with E-state index in [9.17, 15) is 14.9 Å². The Labute approximate surface area is 218 Å². The van der Waals surface area contributed by atoms with Crippen molar-refractivity contribution in [2.45, 2.75) is 6.92 Å². The molecule has 0 unspecified atom stereocenters. The highest BCUT2D eigenvalue weighted by atomic mass is 35.5. The molecule has 188 valence electrons. The average Bonchev–Trinajstić information content (AvgIpc) is 3.23. The van der Waals surface area contributed by atoms with E-state index in [4.69, 9.17) is 21.3 Å². The molecule has 1 aliphatic heterocycles. The number of hydrogen-bond donors (Lipinski definition) is 0. The number of halogens is 2. The number of likely N-dealkylation sites (N-methyl/N-ethyl adjacent to an activating group) is 1. The number of carbonyl (C=O) groups is 1. The number of fused-ring (bicyclic) bond motifs is 1. The molecule has 1 saturated heterocycles. The molecule has 1 aliphatic rings. The maximum absolute atomic E-state index is 13.6. The van der Waals surface area contributed by atoms with Crippen LogP contribution in [0.2, 0.25) is 5.02 Å². The summed E-state index contributed by atoms with van der Waals surface area (Å²) < 4.78 is 6.25. The third-order valence-electron chi connectivity index (χ3n) is 5.66. The van der Waals surface area contributed by atoms with E-state index in [1.54, 1.807) is 17.0 Å². The van der Waals surface area contributed by atoms with Gasteiger partial charge in [-0.25, -0.2) is 4.98 Å². The zero-order valence-corrected chi connectivity index (χ0v) is 22.1. The first-order valence-corrected chi connectivity index (χ1v) is 12.1. The van der Waals surface area contributed by atoms with Gasteiger partial charge in [0.15, 0.2) is 5.13 Å². The Morgan fingerprint density at radius 3 is 2.60 bits per heavy atom. The van der Waals surface area contributed by atoms with Gasteiger partial charge in [-0.3, -0.25) is 19.8 Å². The maximum Gasteiger partial charge on any atom is 0.293 e. The number of thiazole rings is 1. The summed E-state index contributed by atoms with van der Waals surface area (Å²) >= 11 is 7.60. The standard InChI is InChI=1S/C23H26ClN5O4S.ClH/c1-15-12-17(24)14-20-21(15)25-23(34-20)28(7-6-26(2)3)22(30)16-4-5-18(19(13-16)29(31)32)27-8-10-33-11-9-27;/h4-5,12-14H,6-11H2,1-3H3;1H. The molecule has 35 heavy (non-hydrogen) atoms. The number of rotatable bonds is 7. The molecule has 0 bridgehead atoms. The van der Waals surface area contributed by atoms with Crippen LogP contribution in [0.3, 0.4) is 0 Å². The van der Waals surface area contributed by atoms with Gasteiger partial charge < -0.3 is 14.5 Å². The highest BCUT2D eigenvalue weighted by Crippen LogP contribution is 2.35. The van der Waals surface area contributed by atoms with Gasteiger partial charge in [-0.05, 0) is 50.8 Å². The number of benzene rings is 2. The predicted molar refractivity (Wildman–Crippen MR) is 143 cm³/mol. The lowest BCUT2D eigenvalue weighted by Crippen LogP contribution is -2.37. The number of hydrogen-bond acceptors (Lipinski definition) is 8. The molecule has 0 atom stereocenters. The van der Waals surface area contributed by atoms with Crippen molar-refractivity contribution >= 4 is 68.0 Å². The fourth-order valence-electron chi connectivity index (χ4n) is 3.87. The third kappa shape index (κ3) is 6.02. The molecule has 4 rings (SSSR count). The molecule has 12 heteroatoms. The summed E-state index contributed by atoms with van der Waals surface area (Å²) in [5.74, 6) is -0.332. The largest absolute Gasteiger partial charge is 0.378 e. The fourth-order valence-corrected chi connectivity index (χ4v) is 5.32. The maximum atomic E-state index is 13.6. The number of nitrogens with zero attached hydrogens (tertiary/aromatic N) is 5. The van der Waals surface area contributed by atoms with Crippen LogP contribution in [0.4, 0.5) is 16.5 Å². The minimum Gasteiger partial charge on any atom is -0.378 e. The zero-order valence-electron chi connectivity index (χ0n) is 19.7. The molecule has 2 aromatic carbocycles. The summed E-state index contributed by atoms with van der Waals surface area (Å²) in [6.07, 6.45) is 0. The lowest BCUT2D eigenvalue weighted by molar-refractivity contribution is -0.384. The van der Waals surface area contributed by atoms with Crippen LogP contribution in [-0.2, 0) is 4.74 Å². The number of nitro benzene ring substituents is 1. The van der Waals surface area contributed by atoms with Crippen molar-refractivity contribution < 1.29 is 14.5 Å². The number of aryl methyl sites for hydroxylation is 1. The predicted octanol–water partition coefficient (Wildman–Crippen LogP) is 4.63. The first-order valence-electron chi connectivity index (χ1n) is 10.9. The van der Waals surface area contributed by atoms with E-state index >= 15 is 0 Å². The lowest BCUT2D eigenvalue weighted by Gasteiger charge is -2.28. The van der Waals surface area contributed by atoms with Crippen LogP contribution in [0.25, 0.3) is 10.2 Å². The van der Waals surface area contributed by atoms with Crippen molar-refractivity contribution in [1.29, 1.82) is 0 Å². The highest BCUT2D eigenvalue weighted by Gasteiger charge is 2.27. The molecule has 1 fully saturated rings. The van der Waals surface area contributed by atoms with Crippen molar-refractivity contribution in [3.63, 3.8) is 0 Å². The van der Waals surface area contributed by atoms with Gasteiger partial charge in [0.1, 0.15) is 5.69 Å². The topological polar surface area (TPSA) is 92.0 Å². The Balaban J connectivity index is 0.00000342. The van der Waals surface area contributed by atoms with Gasteiger partial charge in [0.2, 0.25) is 0 Å². The van der Waals surface area contributed by atoms with Gasteiger partial charge in [-0.1, -0.05) is 22.9 Å². The molecule has 2 heterocycles. The summed E-state index contributed by atoms with van der Waals surface area (Å²) in [4.78, 5) is 35.3. The molecule has 1 amide bonds. The van der Waals surface area contributed by atoms with Gasteiger partial charge in [0, 0.05) is 42.8 Å². The molecule has 3 aromatic rings. The van der Waals surface area contributed by atoms with E-state index in [-0.39, 0.29) is 29.6 Å². The molecule has 0 saturated carbocycles. The molecule has 0 radical (unpaired) electrons. The van der Waals surface area contributed by atoms with E-state index in [1.165, 1.54) is 17.4 Å². The van der Waals surface area contributed by atoms with Crippen molar-refractivity contribution in [1.82, 2.24) is 9.88 Å². The summed E-state index contributed by atoms with van der Waals surface area (Å²) in [6, 6.07) is 8.35. The van der Waals surface area contributed by atoms with Crippen molar-refractivity contribution in [2.75, 3.05) is 63.3 Å². The van der Waals surface area contributed by atoms with Crippen LogP contribution in [0.15, 0.2) is 30.3 Å². The summed E-state index contributed by atoms with van der Waals surface area (Å²) in [6.45, 7) is 5.08. The number of morpholine rings is 1. The Morgan fingerprint density at radius 1 is 1.23 bits per heavy atom. The highest BCUT2D eigenvalue weighted by molar-refractivity contribution is 7.22. The first kappa shape index (κ1) is 27.1. The minimum atomic E-state index is -0.436. The molecule has 9 nitrogen and oxygen atoms in total. The monoisotopic (exact) mass is 539 g/mol. The molecule has 0 spiro atoms. The quantitative estimate of drug-likeness (QED) is 0.319. The van der Waals surface area contributed by atoms with E-state index in [1.807, 2.05) is 43.0 Å². The van der Waals surface area contributed by atoms with Gasteiger partial charge in [0.25, 0.3) is 11.6 Å². The second-order valence-corrected chi connectivity index (χ2v) is 9.83. The average molecular weight is 540 g/mol. The van der Waals surface area contributed by atoms with Crippen LogP contribution in [-0.4, -0.2) is 74.2 Å². The number of ether oxygens (including phenoxy) is 1. The van der Waals surface area contributed by atoms with E-state index in [0.29, 0.717) is 55.2 Å². The second kappa shape index (κ2) is 11.5. The summed E-state index contributed by atoms with van der Waals surface area (Å²) in [7, 11) is 3.85. The van der Waals surface area contributed by atoms with Crippen molar-refractivity contribution in [3.05, 3.63) is 56.6 Å². The SMILES string of the molecule is Cc1cc(Cl)cc2sc(N(CCN(C)C)C(=O)c3ccc(N4CCOCC4)c([N+](=O)[O-])c3)nc12.Cl. The summed E-state index contributed by atoms with van der Waals surface area (Å²) in [5.41, 5.74) is 2.37. The number of carbonyl (C=O) groups excluding carboxylic acids is 1. The van der Waals surface area contributed by atoms with Gasteiger partial charge >= 0.3 is 0 Å². The molecular formula is C23H27Cl2N5O4S. The third-order valence-corrected chi connectivity index (χ3v) is 6.90. The van der Waals surface area contributed by atoms with Crippen LogP contribution in [0.1, 0.15) is 15.9 Å². The van der Waals surface area contributed by atoms with Crippen LogP contribution < -0.4 is 9.80 Å². The van der Waals surface area contributed by atoms with Crippen LogP contribution in [0.5, 0.6) is 0 Å². The fraction of sp³-hybridized carbons (Fsp3) is 0.391. The molecular weight excluding hydrogens is 513 g/mol. The number of nitro groups is 1. The smallest absolute Gasteiger partial charge is 0.293 e. The van der Waals surface area contributed by atoms with Crippen molar-refractivity contribution in [3.8, 4) is 0 Å². The normalized spacial score (nSPS) is 13.7. The minimum absolute atomic E-state index is 0. The Morgan fingerprint density at radius 2 is 1.94 bits per heavy atom. The number of anilines is 2. The first-order chi connectivity index (χ1) is 16.2. The van der Waals surface area contributed by atoms with Gasteiger partial charge in [-0.15, -0.1) is 12.4 Å². The Kier molecular flexibility index (Phi) is 8.89. The zero-order chi connectivity index (χ0) is 24.4. The van der Waals surface area contributed by atoms with E-state index in [2.05, 4.69) is 0 Å². The molecule has 0 aliphatic carbocycles. The van der Waals surface area contributed by atoms with Crippen LogP contribution >= 0.6 is 35.3 Å². The van der Waals surface area contributed by atoms with Gasteiger partial charge in [0.05, 0.1) is 28.4 Å². The lowest BCUT2D eigenvalue weighted by atomic mass is 10.1. The Hall–Kier alpha value is -2.50. The van der Waals surface area contributed by atoms with Gasteiger partial charge in [-0.2, -0.15) is 0 Å². The van der Waals surface area contributed by atoms with Crippen molar-refractivity contribution in [2.24, 2.45) is 0 Å².